The zero-order valence-electron chi connectivity index (χ0n) is 16.5. The number of anilines is 2. The summed E-state index contributed by atoms with van der Waals surface area (Å²) in [6.45, 7) is 3.14. The van der Waals surface area contributed by atoms with Gasteiger partial charge in [0.05, 0.1) is 17.6 Å². The van der Waals surface area contributed by atoms with Gasteiger partial charge in [0, 0.05) is 36.1 Å². The van der Waals surface area contributed by atoms with E-state index in [-0.39, 0.29) is 0 Å². The SMILES string of the molecule is N#Cc1ccc(Nc2nc([C@H]3CCCN(Cc4ccc5[nH]ccc5c4)C3)cs2)cn1. The van der Waals surface area contributed by atoms with E-state index >= 15 is 0 Å². The van der Waals surface area contributed by atoms with Crippen molar-refractivity contribution < 1.29 is 0 Å². The number of nitrogens with one attached hydrogen (secondary N) is 2. The highest BCUT2D eigenvalue weighted by Gasteiger charge is 2.23. The van der Waals surface area contributed by atoms with Gasteiger partial charge in [-0.3, -0.25) is 4.90 Å². The van der Waals surface area contributed by atoms with Gasteiger partial charge in [0.1, 0.15) is 11.8 Å². The zero-order chi connectivity index (χ0) is 20.3. The van der Waals surface area contributed by atoms with E-state index in [1.165, 1.54) is 29.3 Å². The molecule has 0 bridgehead atoms. The third-order valence-electron chi connectivity index (χ3n) is 5.60. The molecule has 5 rings (SSSR count). The molecule has 4 heterocycles. The molecule has 0 radical (unpaired) electrons. The van der Waals surface area contributed by atoms with Crippen LogP contribution in [0.3, 0.4) is 0 Å². The number of aromatic nitrogens is 3. The van der Waals surface area contributed by atoms with Crippen LogP contribution >= 0.6 is 11.3 Å². The molecule has 6 nitrogen and oxygen atoms in total. The van der Waals surface area contributed by atoms with Crippen molar-refractivity contribution in [1.29, 1.82) is 5.26 Å². The van der Waals surface area contributed by atoms with Crippen LogP contribution in [0, 0.1) is 11.3 Å². The summed E-state index contributed by atoms with van der Waals surface area (Å²) in [5.41, 5.74) is 4.97. The average Bonchev–Trinajstić information content (AvgIpc) is 3.44. The first-order valence-electron chi connectivity index (χ1n) is 10.1. The summed E-state index contributed by atoms with van der Waals surface area (Å²) >= 11 is 1.62. The Labute approximate surface area is 179 Å². The van der Waals surface area contributed by atoms with Crippen molar-refractivity contribution in [3.63, 3.8) is 0 Å². The van der Waals surface area contributed by atoms with Gasteiger partial charge in [-0.05, 0) is 60.7 Å². The summed E-state index contributed by atoms with van der Waals surface area (Å²) in [5, 5.41) is 16.5. The van der Waals surface area contributed by atoms with Crippen molar-refractivity contribution in [3.8, 4) is 6.07 Å². The lowest BCUT2D eigenvalue weighted by Gasteiger charge is -2.32. The summed E-state index contributed by atoms with van der Waals surface area (Å²) in [4.78, 5) is 14.7. The van der Waals surface area contributed by atoms with Gasteiger partial charge in [0.2, 0.25) is 0 Å². The molecule has 1 aromatic carbocycles. The molecule has 3 aromatic heterocycles. The lowest BCUT2D eigenvalue weighted by atomic mass is 9.95. The molecule has 4 aromatic rings. The Bertz CT molecular complexity index is 1190. The lowest BCUT2D eigenvalue weighted by Crippen LogP contribution is -2.34. The van der Waals surface area contributed by atoms with Crippen molar-refractivity contribution in [2.24, 2.45) is 0 Å². The van der Waals surface area contributed by atoms with E-state index in [1.807, 2.05) is 18.3 Å². The monoisotopic (exact) mass is 414 g/mol. The smallest absolute Gasteiger partial charge is 0.187 e. The molecule has 0 amide bonds. The van der Waals surface area contributed by atoms with Crippen LogP contribution in [0.5, 0.6) is 0 Å². The van der Waals surface area contributed by atoms with E-state index in [4.69, 9.17) is 10.2 Å². The minimum atomic E-state index is 0.415. The Balaban J connectivity index is 1.24. The van der Waals surface area contributed by atoms with Gasteiger partial charge in [-0.15, -0.1) is 11.3 Å². The highest BCUT2D eigenvalue weighted by atomic mass is 32.1. The molecule has 0 saturated carbocycles. The first kappa shape index (κ1) is 18.8. The van der Waals surface area contributed by atoms with Crippen LogP contribution < -0.4 is 5.32 Å². The van der Waals surface area contributed by atoms with E-state index in [0.717, 1.165) is 36.1 Å². The topological polar surface area (TPSA) is 80.6 Å². The predicted octanol–water partition coefficient (Wildman–Crippen LogP) is 5.01. The largest absolute Gasteiger partial charge is 0.361 e. The van der Waals surface area contributed by atoms with E-state index in [2.05, 4.69) is 49.8 Å². The molecular weight excluding hydrogens is 392 g/mol. The minimum Gasteiger partial charge on any atom is -0.361 e. The molecule has 7 heteroatoms. The van der Waals surface area contributed by atoms with Crippen LogP contribution in [0.25, 0.3) is 10.9 Å². The Kier molecular flexibility index (Phi) is 5.18. The number of nitriles is 1. The summed E-state index contributed by atoms with van der Waals surface area (Å²) in [7, 11) is 0. The van der Waals surface area contributed by atoms with Gasteiger partial charge >= 0.3 is 0 Å². The Hall–Kier alpha value is -3.21. The van der Waals surface area contributed by atoms with Crippen molar-refractivity contribution in [2.45, 2.75) is 25.3 Å². The van der Waals surface area contributed by atoms with Gasteiger partial charge in [-0.25, -0.2) is 9.97 Å². The summed E-state index contributed by atoms with van der Waals surface area (Å²) in [6, 6.07) is 14.4. The number of aromatic amines is 1. The Morgan fingerprint density at radius 2 is 2.23 bits per heavy atom. The molecule has 0 unspecified atom stereocenters. The van der Waals surface area contributed by atoms with Crippen molar-refractivity contribution in [3.05, 3.63) is 71.1 Å². The fourth-order valence-corrected chi connectivity index (χ4v) is 4.90. The Morgan fingerprint density at radius 3 is 3.10 bits per heavy atom. The molecule has 2 N–H and O–H groups in total. The highest BCUT2D eigenvalue weighted by Crippen LogP contribution is 2.31. The van der Waals surface area contributed by atoms with Crippen molar-refractivity contribution >= 4 is 33.1 Å². The van der Waals surface area contributed by atoms with Gasteiger partial charge in [-0.2, -0.15) is 5.26 Å². The first-order chi connectivity index (χ1) is 14.8. The molecule has 1 atom stereocenters. The van der Waals surface area contributed by atoms with Crippen LogP contribution in [0.2, 0.25) is 0 Å². The van der Waals surface area contributed by atoms with E-state index in [9.17, 15) is 0 Å². The number of H-pyrrole nitrogens is 1. The summed E-state index contributed by atoms with van der Waals surface area (Å²) < 4.78 is 0. The zero-order valence-corrected chi connectivity index (χ0v) is 17.3. The number of hydrogen-bond acceptors (Lipinski definition) is 6. The number of fused-ring (bicyclic) bond motifs is 1. The molecule has 1 fully saturated rings. The average molecular weight is 415 g/mol. The number of pyridine rings is 1. The van der Waals surface area contributed by atoms with Crippen LogP contribution in [-0.2, 0) is 6.54 Å². The fourth-order valence-electron chi connectivity index (χ4n) is 4.09. The van der Waals surface area contributed by atoms with E-state index in [1.54, 1.807) is 23.6 Å². The molecular formula is C23H22N6S. The molecule has 30 heavy (non-hydrogen) atoms. The lowest BCUT2D eigenvalue weighted by molar-refractivity contribution is 0.199. The maximum atomic E-state index is 8.87. The summed E-state index contributed by atoms with van der Waals surface area (Å²) in [5.74, 6) is 0.459. The molecule has 1 aliphatic heterocycles. The summed E-state index contributed by atoms with van der Waals surface area (Å²) in [6.07, 6.45) is 6.03. The number of thiazole rings is 1. The standard InChI is InChI=1S/C23H22N6S/c24-11-19-4-5-20(12-26-19)27-23-28-22(15-30-23)18-2-1-9-29(14-18)13-16-3-6-21-17(10-16)7-8-25-21/h3-8,10,12,15,18,25H,1-2,9,13-14H2,(H,27,28)/t18-/m0/s1. The van der Waals surface area contributed by atoms with Crippen LogP contribution in [0.1, 0.15) is 35.7 Å². The van der Waals surface area contributed by atoms with Crippen molar-refractivity contribution in [1.82, 2.24) is 19.9 Å². The maximum Gasteiger partial charge on any atom is 0.187 e. The normalized spacial score (nSPS) is 17.1. The second-order valence-corrected chi connectivity index (χ2v) is 8.58. The second kappa shape index (κ2) is 8.27. The third kappa shape index (κ3) is 4.06. The number of hydrogen-bond donors (Lipinski definition) is 2. The quantitative estimate of drug-likeness (QED) is 0.480. The molecule has 1 aliphatic rings. The van der Waals surface area contributed by atoms with Gasteiger partial charge < -0.3 is 10.3 Å². The number of likely N-dealkylation sites (tertiary alicyclic amines) is 1. The minimum absolute atomic E-state index is 0.415. The Morgan fingerprint density at radius 1 is 1.27 bits per heavy atom. The predicted molar refractivity (Wildman–Crippen MR) is 120 cm³/mol. The number of benzene rings is 1. The molecule has 150 valence electrons. The van der Waals surface area contributed by atoms with E-state index < -0.39 is 0 Å². The van der Waals surface area contributed by atoms with Crippen LogP contribution in [0.4, 0.5) is 10.8 Å². The molecule has 0 spiro atoms. The second-order valence-electron chi connectivity index (χ2n) is 7.72. The number of rotatable bonds is 5. The number of nitrogens with zero attached hydrogens (tertiary/aromatic N) is 4. The van der Waals surface area contributed by atoms with Gasteiger partial charge in [-0.1, -0.05) is 6.07 Å². The fraction of sp³-hybridized carbons (Fsp3) is 0.261. The molecule has 1 saturated heterocycles. The van der Waals surface area contributed by atoms with Gasteiger partial charge in [0.25, 0.3) is 0 Å². The highest BCUT2D eigenvalue weighted by molar-refractivity contribution is 7.13. The van der Waals surface area contributed by atoms with Crippen LogP contribution in [0.15, 0.2) is 54.2 Å². The molecule has 0 aliphatic carbocycles. The first-order valence-corrected chi connectivity index (χ1v) is 11.0. The third-order valence-corrected chi connectivity index (χ3v) is 6.37. The maximum absolute atomic E-state index is 8.87. The van der Waals surface area contributed by atoms with Crippen molar-refractivity contribution in [2.75, 3.05) is 18.4 Å². The van der Waals surface area contributed by atoms with Crippen LogP contribution in [-0.4, -0.2) is 32.9 Å². The number of piperidine rings is 1. The van der Waals surface area contributed by atoms with Gasteiger partial charge in [0.15, 0.2) is 5.13 Å². The van der Waals surface area contributed by atoms with E-state index in [0.29, 0.717) is 11.6 Å².